The predicted molar refractivity (Wildman–Crippen MR) is 308 cm³/mol. The second-order valence-corrected chi connectivity index (χ2v) is 22.4. The number of nitrogens with one attached hydrogen (secondary N) is 1. The summed E-state index contributed by atoms with van der Waals surface area (Å²) < 4.78 is 66.3. The second kappa shape index (κ2) is 25.0. The summed E-state index contributed by atoms with van der Waals surface area (Å²) in [5.74, 6) is 1.16. The quantitative estimate of drug-likeness (QED) is 0.0438. The largest absolute Gasteiger partial charge is 0.493 e. The van der Waals surface area contributed by atoms with E-state index in [9.17, 15) is 33.4 Å². The van der Waals surface area contributed by atoms with Gasteiger partial charge in [-0.15, -0.1) is 0 Å². The number of Topliss-reactive ketones (excluding diaryl/α,β-unsaturated/α-hetero) is 2. The number of carbonyl (C=O) groups is 3. The molecule has 2 aliphatic carbocycles. The molecule has 18 heteroatoms. The predicted octanol–water partition coefficient (Wildman–Crippen LogP) is 11.0. The number of amides is 1. The minimum Gasteiger partial charge on any atom is -0.493 e. The summed E-state index contributed by atoms with van der Waals surface area (Å²) in [6.07, 6.45) is 4.13. The summed E-state index contributed by atoms with van der Waals surface area (Å²) in [4.78, 5) is 48.7. The van der Waals surface area contributed by atoms with Crippen LogP contribution in [0.1, 0.15) is 114 Å². The number of hydrogen-bond donors (Lipinski definition) is 4. The number of ether oxygens (including phenoxy) is 7. The Morgan fingerprint density at radius 1 is 0.607 bits per heavy atom. The second-order valence-electron chi connectivity index (χ2n) is 22.4. The van der Waals surface area contributed by atoms with E-state index < -0.39 is 34.2 Å². The van der Waals surface area contributed by atoms with Gasteiger partial charge in [0.25, 0.3) is 0 Å². The van der Waals surface area contributed by atoms with E-state index >= 15 is 0 Å². The van der Waals surface area contributed by atoms with Crippen LogP contribution in [0.5, 0.6) is 23.0 Å². The van der Waals surface area contributed by atoms with Crippen LogP contribution < -0.4 is 30.0 Å². The number of nitrogens with two attached hydrogens (primary N) is 1. The summed E-state index contributed by atoms with van der Waals surface area (Å²) in [6, 6.07) is 38.5. The van der Waals surface area contributed by atoms with Crippen molar-refractivity contribution in [3.8, 4) is 45.5 Å². The molecule has 2 unspecified atom stereocenters. The molecule has 0 bridgehead atoms. The van der Waals surface area contributed by atoms with E-state index in [0.29, 0.717) is 86.8 Å². The molecule has 4 fully saturated rings. The van der Waals surface area contributed by atoms with Crippen molar-refractivity contribution >= 4 is 17.7 Å². The van der Waals surface area contributed by atoms with E-state index in [0.717, 1.165) is 36.8 Å². The van der Waals surface area contributed by atoms with Crippen LogP contribution in [-0.4, -0.2) is 90.7 Å². The molecule has 5 N–H and O–H groups in total. The molecule has 1 amide bonds. The third-order valence-electron chi connectivity index (χ3n) is 15.4. The molecular formula is C66H68F2N4O12. The average Bonchev–Trinajstić information content (AvgIpc) is 1.67. The normalized spacial score (nSPS) is 17.1. The zero-order valence-corrected chi connectivity index (χ0v) is 47.3. The van der Waals surface area contributed by atoms with Gasteiger partial charge in [0.05, 0.1) is 81.2 Å². The molecule has 2 aromatic heterocycles. The number of benzene rings is 5. The first-order valence-corrected chi connectivity index (χ1v) is 28.0. The maximum atomic E-state index is 13.8. The fourth-order valence-electron chi connectivity index (χ4n) is 9.64. The zero-order chi connectivity index (χ0) is 59.2. The van der Waals surface area contributed by atoms with Gasteiger partial charge in [0.2, 0.25) is 0 Å². The zero-order valence-electron chi connectivity index (χ0n) is 47.3. The molecule has 0 spiro atoms. The van der Waals surface area contributed by atoms with Gasteiger partial charge in [0.15, 0.2) is 34.6 Å². The van der Waals surface area contributed by atoms with E-state index in [-0.39, 0.29) is 75.1 Å². The molecule has 438 valence electrons. The van der Waals surface area contributed by atoms with E-state index in [1.54, 1.807) is 99.8 Å². The highest BCUT2D eigenvalue weighted by Gasteiger charge is 2.44. The Hall–Kier alpha value is -8.13. The van der Waals surface area contributed by atoms with Crippen LogP contribution in [0.15, 0.2) is 140 Å². The van der Waals surface area contributed by atoms with Crippen LogP contribution in [0.2, 0.25) is 0 Å². The van der Waals surface area contributed by atoms with E-state index in [2.05, 4.69) is 10.3 Å². The van der Waals surface area contributed by atoms with Crippen LogP contribution in [0, 0.1) is 11.6 Å². The number of rotatable bonds is 23. The maximum Gasteiger partial charge on any atom is 0.408 e. The Bertz CT molecular complexity index is 3490. The van der Waals surface area contributed by atoms with Gasteiger partial charge in [-0.2, -0.15) is 0 Å². The topological polar surface area (TPSA) is 220 Å². The highest BCUT2D eigenvalue weighted by Crippen LogP contribution is 2.40. The standard InChI is InChI=1S/C37H37FN2O7.C29H31FN2O5/c1-36(43,17-16-31(41)26-10-15-32(33(18-26)44-2)47-29-13-14-29)34-20-27(19-30(39-34)25-8-11-28(38)12-9-25)37(22-45-23-37)40-35(42)46-21-24-6-4-3-5-7-24;1-28(34,12-11-24(33)19-5-10-25(26(13-19)35-2)37-22-8-9-22)27-15-20(29(31)16-36-17-29)14-23(32-27)18-3-6-21(30)7-4-18/h3-12,15,18-20,29,43H,13-14,16-17,21-23H2,1-2H3,(H,40,42);3-7,10,13-15,22,34H,8-9,11-12,16-17,31H2,1-2H3. The van der Waals surface area contributed by atoms with Crippen molar-refractivity contribution in [3.05, 3.63) is 190 Å². The Morgan fingerprint density at radius 2 is 1.06 bits per heavy atom. The van der Waals surface area contributed by atoms with E-state index in [1.165, 1.54) is 31.4 Å². The molecule has 4 heterocycles. The van der Waals surface area contributed by atoms with Crippen molar-refractivity contribution in [3.63, 3.8) is 0 Å². The molecule has 2 aliphatic heterocycles. The lowest BCUT2D eigenvalue weighted by Crippen LogP contribution is -2.59. The Kier molecular flexibility index (Phi) is 17.6. The number of aromatic nitrogens is 2. The Labute approximate surface area is 486 Å². The number of pyridine rings is 2. The maximum absolute atomic E-state index is 13.8. The number of methoxy groups -OCH3 is 2. The molecule has 5 aromatic carbocycles. The van der Waals surface area contributed by atoms with Crippen molar-refractivity contribution in [2.24, 2.45) is 5.73 Å². The van der Waals surface area contributed by atoms with Crippen molar-refractivity contribution in [1.82, 2.24) is 15.3 Å². The summed E-state index contributed by atoms with van der Waals surface area (Å²) in [6.45, 7) is 4.36. The van der Waals surface area contributed by atoms with Crippen molar-refractivity contribution in [2.75, 3.05) is 40.6 Å². The Balaban J connectivity index is 0.000000193. The van der Waals surface area contributed by atoms with Gasteiger partial charge in [-0.1, -0.05) is 30.3 Å². The first-order valence-electron chi connectivity index (χ1n) is 28.0. The smallest absolute Gasteiger partial charge is 0.408 e. The minimum absolute atomic E-state index is 0.0229. The molecule has 7 aromatic rings. The minimum atomic E-state index is -1.54. The molecule has 2 saturated carbocycles. The van der Waals surface area contributed by atoms with Crippen LogP contribution >= 0.6 is 0 Å². The van der Waals surface area contributed by atoms with Gasteiger partial charge in [0, 0.05) is 35.1 Å². The number of alkyl carbamates (subject to hydrolysis) is 1. The lowest BCUT2D eigenvalue weighted by Gasteiger charge is -2.42. The summed E-state index contributed by atoms with van der Waals surface area (Å²) >= 11 is 0. The fraction of sp³-hybridized carbons (Fsp3) is 0.348. The summed E-state index contributed by atoms with van der Waals surface area (Å²) in [5.41, 5.74) is 8.09. The van der Waals surface area contributed by atoms with Gasteiger partial charge in [0.1, 0.15) is 35.0 Å². The van der Waals surface area contributed by atoms with Crippen LogP contribution in [0.3, 0.4) is 0 Å². The van der Waals surface area contributed by atoms with Crippen molar-refractivity contribution in [1.29, 1.82) is 0 Å². The van der Waals surface area contributed by atoms with Crippen LogP contribution in [0.25, 0.3) is 22.5 Å². The third-order valence-corrected chi connectivity index (χ3v) is 15.4. The lowest BCUT2D eigenvalue weighted by molar-refractivity contribution is -0.0764. The summed E-state index contributed by atoms with van der Waals surface area (Å²) in [7, 11) is 3.08. The third kappa shape index (κ3) is 14.3. The number of halogens is 2. The molecule has 0 radical (unpaired) electrons. The number of aliphatic hydroxyl groups is 2. The summed E-state index contributed by atoms with van der Waals surface area (Å²) in [5, 5.41) is 26.1. The highest BCUT2D eigenvalue weighted by atomic mass is 19.1. The number of carbonyl (C=O) groups excluding carboxylic acids is 3. The van der Waals surface area contributed by atoms with Gasteiger partial charge in [-0.25, -0.2) is 23.5 Å². The number of hydrogen-bond acceptors (Lipinski definition) is 15. The first kappa shape index (κ1) is 59.0. The Morgan fingerprint density at radius 3 is 1.48 bits per heavy atom. The van der Waals surface area contributed by atoms with Gasteiger partial charge in [-0.05, 0) is 178 Å². The fourth-order valence-corrected chi connectivity index (χ4v) is 9.64. The molecule has 16 nitrogen and oxygen atoms in total. The van der Waals surface area contributed by atoms with Crippen LogP contribution in [-0.2, 0) is 43.1 Å². The van der Waals surface area contributed by atoms with Gasteiger partial charge < -0.3 is 54.4 Å². The van der Waals surface area contributed by atoms with Crippen molar-refractivity contribution < 1.29 is 66.5 Å². The molecule has 4 aliphatic rings. The van der Waals surface area contributed by atoms with Gasteiger partial charge >= 0.3 is 6.09 Å². The molecule has 2 saturated heterocycles. The molecule has 11 rings (SSSR count). The van der Waals surface area contributed by atoms with E-state index in [1.807, 2.05) is 36.4 Å². The lowest BCUT2D eigenvalue weighted by atomic mass is 9.84. The monoisotopic (exact) mass is 1150 g/mol. The SMILES string of the molecule is COc1cc(C(=O)CCC(C)(O)c2cc(C3(N)COC3)cc(-c3ccc(F)cc3)n2)ccc1OC1CC1.COc1cc(C(=O)CCC(C)(O)c2cc(C3(NC(=O)OCc4ccccc4)COC3)cc(-c3ccc(F)cc3)n2)ccc1OC1CC1. The average molecular weight is 1150 g/mol. The number of ketones is 2. The first-order chi connectivity index (χ1) is 40.3. The highest BCUT2D eigenvalue weighted by molar-refractivity contribution is 5.97. The molecule has 2 atom stereocenters. The van der Waals surface area contributed by atoms with Crippen LogP contribution in [0.4, 0.5) is 13.6 Å². The molecule has 84 heavy (non-hydrogen) atoms. The van der Waals surface area contributed by atoms with E-state index in [4.69, 9.17) is 43.9 Å². The number of nitrogens with zero attached hydrogens (tertiary/aromatic N) is 2. The van der Waals surface area contributed by atoms with Gasteiger partial charge in [-0.3, -0.25) is 9.59 Å². The van der Waals surface area contributed by atoms with Crippen molar-refractivity contribution in [2.45, 2.75) is 106 Å². The molecular weight excluding hydrogens is 1080 g/mol.